The number of nitrogens with zero attached hydrogens (tertiary/aromatic N) is 3. The predicted octanol–water partition coefficient (Wildman–Crippen LogP) is 1.10. The van der Waals surface area contributed by atoms with Gasteiger partial charge in [-0.25, -0.2) is 4.84 Å². The van der Waals surface area contributed by atoms with Gasteiger partial charge in [0.25, 0.3) is 0 Å². The SMILES string of the molecule is CC(Oc1ccc(C(=O)O[N+](=O)[O-])cc1)N1C=NCC1. The average Bonchev–Trinajstić information content (AvgIpc) is 2.92. The minimum absolute atomic E-state index is 0.0874. The third-order valence-electron chi connectivity index (χ3n) is 2.74. The van der Waals surface area contributed by atoms with E-state index in [-0.39, 0.29) is 11.8 Å². The van der Waals surface area contributed by atoms with Crippen LogP contribution in [-0.2, 0) is 4.84 Å². The van der Waals surface area contributed by atoms with Crippen molar-refractivity contribution in [1.82, 2.24) is 4.90 Å². The number of ether oxygens (including phenoxy) is 1. The molecule has 0 spiro atoms. The van der Waals surface area contributed by atoms with Crippen LogP contribution in [0.15, 0.2) is 29.3 Å². The molecule has 1 aromatic rings. The first kappa shape index (κ1) is 13.8. The molecule has 0 saturated carbocycles. The highest BCUT2D eigenvalue weighted by Crippen LogP contribution is 2.16. The van der Waals surface area contributed by atoms with Gasteiger partial charge in [-0.05, 0) is 31.2 Å². The van der Waals surface area contributed by atoms with Crippen molar-refractivity contribution in [2.75, 3.05) is 13.1 Å². The molecule has 2 rings (SSSR count). The van der Waals surface area contributed by atoms with E-state index in [1.54, 1.807) is 18.5 Å². The Morgan fingerprint density at radius 3 is 2.70 bits per heavy atom. The van der Waals surface area contributed by atoms with E-state index >= 15 is 0 Å². The predicted molar refractivity (Wildman–Crippen MR) is 69.0 cm³/mol. The number of hydrogen-bond donors (Lipinski definition) is 0. The van der Waals surface area contributed by atoms with E-state index in [2.05, 4.69) is 9.83 Å². The van der Waals surface area contributed by atoms with E-state index < -0.39 is 11.1 Å². The molecule has 8 heteroatoms. The normalized spacial score (nSPS) is 14.9. The molecular formula is C12H13N3O5. The monoisotopic (exact) mass is 279 g/mol. The van der Waals surface area contributed by atoms with Gasteiger partial charge in [0.05, 0.1) is 12.9 Å². The van der Waals surface area contributed by atoms with Crippen LogP contribution in [0.1, 0.15) is 17.3 Å². The molecule has 8 nitrogen and oxygen atoms in total. The lowest BCUT2D eigenvalue weighted by atomic mass is 10.2. The van der Waals surface area contributed by atoms with Crippen molar-refractivity contribution in [2.45, 2.75) is 13.2 Å². The van der Waals surface area contributed by atoms with Crippen molar-refractivity contribution < 1.29 is 19.5 Å². The molecule has 1 aliphatic heterocycles. The second-order valence-electron chi connectivity index (χ2n) is 4.10. The molecule has 1 heterocycles. The highest BCUT2D eigenvalue weighted by Gasteiger charge is 2.15. The van der Waals surface area contributed by atoms with E-state index in [9.17, 15) is 14.9 Å². The van der Waals surface area contributed by atoms with Gasteiger partial charge in [0.2, 0.25) is 0 Å². The summed E-state index contributed by atoms with van der Waals surface area (Å²) in [4.78, 5) is 31.2. The van der Waals surface area contributed by atoms with Crippen molar-refractivity contribution in [2.24, 2.45) is 4.99 Å². The lowest BCUT2D eigenvalue weighted by Gasteiger charge is -2.23. The fourth-order valence-electron chi connectivity index (χ4n) is 1.72. The molecule has 20 heavy (non-hydrogen) atoms. The van der Waals surface area contributed by atoms with Crippen LogP contribution < -0.4 is 4.74 Å². The first-order valence-electron chi connectivity index (χ1n) is 5.95. The van der Waals surface area contributed by atoms with Crippen molar-refractivity contribution in [3.63, 3.8) is 0 Å². The molecule has 0 N–H and O–H groups in total. The highest BCUT2D eigenvalue weighted by molar-refractivity contribution is 5.88. The van der Waals surface area contributed by atoms with Crippen LogP contribution in [0, 0.1) is 10.1 Å². The Morgan fingerprint density at radius 1 is 1.45 bits per heavy atom. The zero-order valence-corrected chi connectivity index (χ0v) is 10.8. The maximum Gasteiger partial charge on any atom is 0.334 e. The molecule has 0 bridgehead atoms. The van der Waals surface area contributed by atoms with Gasteiger partial charge >= 0.3 is 11.1 Å². The molecule has 1 unspecified atom stereocenters. The van der Waals surface area contributed by atoms with E-state index in [0.29, 0.717) is 5.75 Å². The zero-order chi connectivity index (χ0) is 14.5. The number of carbonyl (C=O) groups is 1. The summed E-state index contributed by atoms with van der Waals surface area (Å²) in [6.45, 7) is 3.43. The zero-order valence-electron chi connectivity index (χ0n) is 10.8. The van der Waals surface area contributed by atoms with Gasteiger partial charge in [-0.3, -0.25) is 9.79 Å². The Morgan fingerprint density at radius 2 is 2.15 bits per heavy atom. The number of hydrogen-bond acceptors (Lipinski definition) is 7. The Hall–Kier alpha value is -2.64. The minimum Gasteiger partial charge on any atom is -0.471 e. The molecule has 0 saturated heterocycles. The van der Waals surface area contributed by atoms with E-state index in [1.165, 1.54) is 12.1 Å². The number of aliphatic imine (C=N–C) groups is 1. The summed E-state index contributed by atoms with van der Waals surface area (Å²) in [6.07, 6.45) is 1.55. The Bertz CT molecular complexity index is 528. The second kappa shape index (κ2) is 6.00. The summed E-state index contributed by atoms with van der Waals surface area (Å²) < 4.78 is 5.66. The number of rotatable bonds is 5. The maximum absolute atomic E-state index is 11.3. The first-order chi connectivity index (χ1) is 9.56. The number of benzene rings is 1. The summed E-state index contributed by atoms with van der Waals surface area (Å²) in [6, 6.07) is 5.93. The largest absolute Gasteiger partial charge is 0.471 e. The standard InChI is InChI=1S/C12H13N3O5/c1-9(14-7-6-13-8-14)19-11-4-2-10(3-5-11)12(16)20-15(17)18/h2-5,8-9H,6-7H2,1H3. The average molecular weight is 279 g/mol. The van der Waals surface area contributed by atoms with Gasteiger partial charge in [-0.2, -0.15) is 0 Å². The summed E-state index contributed by atoms with van der Waals surface area (Å²) in [7, 11) is 0. The van der Waals surface area contributed by atoms with E-state index in [4.69, 9.17) is 4.74 Å². The Labute approximate surface area is 114 Å². The van der Waals surface area contributed by atoms with Crippen molar-refractivity contribution in [3.8, 4) is 5.75 Å². The fourth-order valence-corrected chi connectivity index (χ4v) is 1.72. The van der Waals surface area contributed by atoms with Gasteiger partial charge < -0.3 is 9.64 Å². The Balaban J connectivity index is 1.95. The number of carbonyl (C=O) groups excluding carboxylic acids is 1. The van der Waals surface area contributed by atoms with Gasteiger partial charge in [0.1, 0.15) is 5.75 Å². The molecule has 0 fully saturated rings. The van der Waals surface area contributed by atoms with Crippen LogP contribution in [0.3, 0.4) is 0 Å². The van der Waals surface area contributed by atoms with Crippen LogP contribution in [0.2, 0.25) is 0 Å². The van der Waals surface area contributed by atoms with Crippen LogP contribution in [0.25, 0.3) is 0 Å². The quantitative estimate of drug-likeness (QED) is 0.591. The summed E-state index contributed by atoms with van der Waals surface area (Å²) in [5, 5.41) is 8.93. The van der Waals surface area contributed by atoms with Gasteiger partial charge in [-0.15, -0.1) is 10.1 Å². The lowest BCUT2D eigenvalue weighted by molar-refractivity contribution is -0.727. The van der Waals surface area contributed by atoms with E-state index in [0.717, 1.165) is 13.1 Å². The van der Waals surface area contributed by atoms with E-state index in [1.807, 2.05) is 11.8 Å². The van der Waals surface area contributed by atoms with Crippen LogP contribution in [0.5, 0.6) is 5.75 Å². The van der Waals surface area contributed by atoms with Crippen molar-refractivity contribution in [3.05, 3.63) is 39.9 Å². The molecule has 106 valence electrons. The summed E-state index contributed by atoms with van der Waals surface area (Å²) >= 11 is 0. The third kappa shape index (κ3) is 3.44. The fraction of sp³-hybridized carbons (Fsp3) is 0.333. The van der Waals surface area contributed by atoms with Gasteiger partial charge in [0.15, 0.2) is 6.23 Å². The molecule has 1 atom stereocenters. The van der Waals surface area contributed by atoms with Crippen molar-refractivity contribution in [1.29, 1.82) is 0 Å². The molecule has 0 aliphatic carbocycles. The maximum atomic E-state index is 11.3. The molecule has 0 radical (unpaired) electrons. The van der Waals surface area contributed by atoms with Crippen molar-refractivity contribution >= 4 is 12.3 Å². The molecule has 1 aliphatic rings. The van der Waals surface area contributed by atoms with Gasteiger partial charge in [-0.1, -0.05) is 0 Å². The second-order valence-corrected chi connectivity index (χ2v) is 4.10. The highest BCUT2D eigenvalue weighted by atomic mass is 17.0. The topological polar surface area (TPSA) is 94.3 Å². The lowest BCUT2D eigenvalue weighted by Crippen LogP contribution is -2.34. The van der Waals surface area contributed by atoms with Crippen LogP contribution >= 0.6 is 0 Å². The smallest absolute Gasteiger partial charge is 0.334 e. The van der Waals surface area contributed by atoms with Crippen LogP contribution in [-0.4, -0.2) is 41.6 Å². The van der Waals surface area contributed by atoms with Crippen LogP contribution in [0.4, 0.5) is 0 Å². The molecule has 0 aromatic heterocycles. The molecule has 0 amide bonds. The third-order valence-corrected chi connectivity index (χ3v) is 2.74. The summed E-state index contributed by atoms with van der Waals surface area (Å²) in [5.74, 6) is -0.461. The minimum atomic E-state index is -1.14. The summed E-state index contributed by atoms with van der Waals surface area (Å²) in [5.41, 5.74) is 0.0874. The Kier molecular flexibility index (Phi) is 4.14. The molecular weight excluding hydrogens is 266 g/mol. The van der Waals surface area contributed by atoms with Gasteiger partial charge in [0, 0.05) is 12.1 Å². The molecule has 1 aromatic carbocycles. The first-order valence-corrected chi connectivity index (χ1v) is 5.95.